The summed E-state index contributed by atoms with van der Waals surface area (Å²) in [7, 11) is 0. The molecule has 0 fully saturated rings. The van der Waals surface area contributed by atoms with Gasteiger partial charge in [-0.3, -0.25) is 4.79 Å². The van der Waals surface area contributed by atoms with E-state index in [9.17, 15) is 4.79 Å². The topological polar surface area (TPSA) is 89.6 Å². The molecule has 0 atom stereocenters. The molecular weight excluding hydrogens is 168 g/mol. The molecule has 0 aliphatic rings. The Labute approximate surface area is 73.8 Å². The fourth-order valence-corrected chi connectivity index (χ4v) is 0.786. The van der Waals surface area contributed by atoms with Crippen LogP contribution in [0.3, 0.4) is 0 Å². The van der Waals surface area contributed by atoms with E-state index in [1.807, 2.05) is 6.07 Å². The Bertz CT molecular complexity index is 409. The molecule has 62 valence electrons. The summed E-state index contributed by atoms with van der Waals surface area (Å²) in [4.78, 5) is 13.3. The van der Waals surface area contributed by atoms with Gasteiger partial charge < -0.3 is 0 Å². The Morgan fingerprint density at radius 2 is 2.08 bits per heavy atom. The van der Waals surface area contributed by atoms with E-state index in [1.165, 1.54) is 24.3 Å². The lowest BCUT2D eigenvalue weighted by molar-refractivity contribution is 0.100. The number of carbonyl (C=O) groups excluding carboxylic acids is 1. The third kappa shape index (κ3) is 2.06. The van der Waals surface area contributed by atoms with Crippen molar-refractivity contribution in [3.05, 3.63) is 45.8 Å². The normalized spacial score (nSPS) is 8.23. The lowest BCUT2D eigenvalue weighted by Gasteiger charge is -1.92. The number of amides is 1. The molecular formula is C8H4N4O. The minimum atomic E-state index is -0.646. The maximum Gasteiger partial charge on any atom is 0.249 e. The maximum atomic E-state index is 10.9. The Hall–Kier alpha value is -2.31. The summed E-state index contributed by atoms with van der Waals surface area (Å²) < 4.78 is 0. The van der Waals surface area contributed by atoms with Crippen LogP contribution in [0.15, 0.2) is 29.4 Å². The number of nitriles is 1. The van der Waals surface area contributed by atoms with Gasteiger partial charge in [0.1, 0.15) is 0 Å². The minimum absolute atomic E-state index is 0.275. The number of hydrogen-bond acceptors (Lipinski definition) is 2. The number of carbonyl (C=O) groups is 1. The van der Waals surface area contributed by atoms with Crippen LogP contribution < -0.4 is 0 Å². The fourth-order valence-electron chi connectivity index (χ4n) is 0.786. The van der Waals surface area contributed by atoms with Crippen molar-refractivity contribution in [2.24, 2.45) is 5.11 Å². The van der Waals surface area contributed by atoms with E-state index in [2.05, 4.69) is 10.0 Å². The van der Waals surface area contributed by atoms with Crippen molar-refractivity contribution in [2.75, 3.05) is 0 Å². The first kappa shape index (κ1) is 8.78. The first-order chi connectivity index (χ1) is 6.27. The molecule has 5 nitrogen and oxygen atoms in total. The second-order valence-corrected chi connectivity index (χ2v) is 2.18. The van der Waals surface area contributed by atoms with Gasteiger partial charge in [0.05, 0.1) is 11.6 Å². The predicted molar refractivity (Wildman–Crippen MR) is 44.6 cm³/mol. The fraction of sp³-hybridized carbons (Fsp3) is 0. The SMILES string of the molecule is N#Cc1ccc(C(=O)N=[N+]=[N-])cc1. The van der Waals surface area contributed by atoms with Crippen molar-refractivity contribution in [1.29, 1.82) is 5.26 Å². The number of azide groups is 1. The Kier molecular flexibility index (Phi) is 2.64. The second kappa shape index (κ2) is 3.90. The second-order valence-electron chi connectivity index (χ2n) is 2.18. The zero-order valence-corrected chi connectivity index (χ0v) is 6.51. The van der Waals surface area contributed by atoms with E-state index in [0.29, 0.717) is 5.56 Å². The number of rotatable bonds is 1. The summed E-state index contributed by atoms with van der Waals surface area (Å²) >= 11 is 0. The van der Waals surface area contributed by atoms with Crippen LogP contribution >= 0.6 is 0 Å². The average molecular weight is 172 g/mol. The van der Waals surface area contributed by atoms with Crippen molar-refractivity contribution in [3.8, 4) is 6.07 Å². The maximum absolute atomic E-state index is 10.9. The van der Waals surface area contributed by atoms with Gasteiger partial charge in [0.2, 0.25) is 5.91 Å². The van der Waals surface area contributed by atoms with Gasteiger partial charge in [-0.05, 0) is 34.9 Å². The summed E-state index contributed by atoms with van der Waals surface area (Å²) in [6.45, 7) is 0. The number of nitrogens with zero attached hydrogens (tertiary/aromatic N) is 4. The molecule has 1 aromatic carbocycles. The van der Waals surface area contributed by atoms with Gasteiger partial charge in [0.15, 0.2) is 0 Å². The molecule has 0 bridgehead atoms. The van der Waals surface area contributed by atoms with Gasteiger partial charge in [0, 0.05) is 10.5 Å². The highest BCUT2D eigenvalue weighted by Crippen LogP contribution is 2.04. The first-order valence-corrected chi connectivity index (χ1v) is 3.37. The average Bonchev–Trinajstić information content (AvgIpc) is 2.18. The van der Waals surface area contributed by atoms with Crippen LogP contribution in [-0.4, -0.2) is 5.91 Å². The Balaban J connectivity index is 3.00. The van der Waals surface area contributed by atoms with Gasteiger partial charge in [-0.2, -0.15) is 5.26 Å². The van der Waals surface area contributed by atoms with E-state index >= 15 is 0 Å². The van der Waals surface area contributed by atoms with Crippen molar-refractivity contribution < 1.29 is 4.79 Å². The van der Waals surface area contributed by atoms with Gasteiger partial charge in [-0.25, -0.2) is 0 Å². The molecule has 5 heteroatoms. The third-order valence-corrected chi connectivity index (χ3v) is 1.40. The molecule has 0 unspecified atom stereocenters. The van der Waals surface area contributed by atoms with E-state index < -0.39 is 5.91 Å². The number of hydrogen-bond donors (Lipinski definition) is 0. The van der Waals surface area contributed by atoms with E-state index in [0.717, 1.165) is 0 Å². The van der Waals surface area contributed by atoms with Crippen LogP contribution in [0.1, 0.15) is 15.9 Å². The summed E-state index contributed by atoms with van der Waals surface area (Å²) in [6, 6.07) is 7.76. The van der Waals surface area contributed by atoms with Crippen LogP contribution in [0.2, 0.25) is 0 Å². The van der Waals surface area contributed by atoms with Gasteiger partial charge in [0.25, 0.3) is 0 Å². The van der Waals surface area contributed by atoms with E-state index in [1.54, 1.807) is 0 Å². The quantitative estimate of drug-likeness (QED) is 0.368. The molecule has 0 heterocycles. The highest BCUT2D eigenvalue weighted by molar-refractivity contribution is 5.94. The molecule has 13 heavy (non-hydrogen) atoms. The Morgan fingerprint density at radius 1 is 1.46 bits per heavy atom. The molecule has 0 N–H and O–H groups in total. The number of benzene rings is 1. The zero-order chi connectivity index (χ0) is 9.68. The molecule has 0 saturated heterocycles. The lowest BCUT2D eigenvalue weighted by atomic mass is 10.1. The van der Waals surface area contributed by atoms with E-state index in [-0.39, 0.29) is 5.56 Å². The van der Waals surface area contributed by atoms with Crippen LogP contribution in [0, 0.1) is 11.3 Å². The molecule has 0 aliphatic heterocycles. The lowest BCUT2D eigenvalue weighted by Crippen LogP contribution is -1.92. The first-order valence-electron chi connectivity index (χ1n) is 3.37. The minimum Gasteiger partial charge on any atom is -0.287 e. The van der Waals surface area contributed by atoms with Crippen molar-refractivity contribution in [3.63, 3.8) is 0 Å². The molecule has 0 saturated carbocycles. The molecule has 0 spiro atoms. The van der Waals surface area contributed by atoms with E-state index in [4.69, 9.17) is 10.8 Å². The summed E-state index contributed by atoms with van der Waals surface area (Å²) in [6.07, 6.45) is 0. The monoisotopic (exact) mass is 172 g/mol. The molecule has 0 aliphatic carbocycles. The highest BCUT2D eigenvalue weighted by Gasteiger charge is 2.01. The molecule has 1 amide bonds. The van der Waals surface area contributed by atoms with Gasteiger partial charge in [-0.1, -0.05) is 0 Å². The van der Waals surface area contributed by atoms with Crippen LogP contribution in [0.4, 0.5) is 0 Å². The molecule has 0 radical (unpaired) electrons. The zero-order valence-electron chi connectivity index (χ0n) is 6.51. The summed E-state index contributed by atoms with van der Waals surface area (Å²) in [5.41, 5.74) is 8.71. The van der Waals surface area contributed by atoms with Crippen LogP contribution in [0.25, 0.3) is 10.4 Å². The standard InChI is InChI=1S/C8H4N4O/c9-5-6-1-3-7(4-2-6)8(13)11-12-10/h1-4H. The van der Waals surface area contributed by atoms with Crippen LogP contribution in [-0.2, 0) is 0 Å². The van der Waals surface area contributed by atoms with Crippen molar-refractivity contribution in [2.45, 2.75) is 0 Å². The van der Waals surface area contributed by atoms with Gasteiger partial charge >= 0.3 is 0 Å². The highest BCUT2D eigenvalue weighted by atomic mass is 16.1. The van der Waals surface area contributed by atoms with Crippen molar-refractivity contribution in [1.82, 2.24) is 0 Å². The van der Waals surface area contributed by atoms with Gasteiger partial charge in [-0.15, -0.1) is 0 Å². The molecule has 1 rings (SSSR count). The summed E-state index contributed by atoms with van der Waals surface area (Å²) in [5, 5.41) is 11.4. The third-order valence-electron chi connectivity index (χ3n) is 1.40. The predicted octanol–water partition coefficient (Wildman–Crippen LogP) is 2.01. The molecule has 0 aromatic heterocycles. The molecule has 1 aromatic rings. The van der Waals surface area contributed by atoms with Crippen molar-refractivity contribution >= 4 is 5.91 Å². The largest absolute Gasteiger partial charge is 0.287 e. The smallest absolute Gasteiger partial charge is 0.249 e. The Morgan fingerprint density at radius 3 is 2.54 bits per heavy atom. The summed E-state index contributed by atoms with van der Waals surface area (Å²) in [5.74, 6) is -0.646. The van der Waals surface area contributed by atoms with Crippen LogP contribution in [0.5, 0.6) is 0 Å².